The molecule has 0 spiro atoms. The Morgan fingerprint density at radius 3 is 2.44 bits per heavy atom. The Balaban J connectivity index is 1.29. The minimum absolute atomic E-state index is 0.0490. The van der Waals surface area contributed by atoms with Crippen LogP contribution in [-0.4, -0.2) is 83.2 Å². The van der Waals surface area contributed by atoms with E-state index in [2.05, 4.69) is 21.9 Å². The normalized spacial score (nSPS) is 19.1. The molecule has 2 aromatic carbocycles. The van der Waals surface area contributed by atoms with Crippen LogP contribution in [0.3, 0.4) is 0 Å². The Labute approximate surface area is 200 Å². The van der Waals surface area contributed by atoms with Crippen molar-refractivity contribution in [3.63, 3.8) is 0 Å². The van der Waals surface area contributed by atoms with Crippen LogP contribution >= 0.6 is 0 Å². The molecule has 10 heteroatoms. The molecular weight excluding hydrogens is 456 g/mol. The van der Waals surface area contributed by atoms with E-state index in [1.165, 1.54) is 23.3 Å². The molecule has 34 heavy (non-hydrogen) atoms. The van der Waals surface area contributed by atoms with E-state index in [0.29, 0.717) is 45.0 Å². The number of morpholine rings is 1. The second kappa shape index (κ2) is 9.53. The standard InChI is InChI=1S/C24H30N4O5S/c25-34(30,31)20-2-3-22(27-10-13-32-14-11-27)21(16-20)24(29)28-8-6-26(7-9-28)17-18-1-4-23-19(15-18)5-12-33-23/h1-4,15-16H,5-14,17H2,(H2,25,30,31). The van der Waals surface area contributed by atoms with Gasteiger partial charge >= 0.3 is 0 Å². The Hall–Kier alpha value is -2.66. The highest BCUT2D eigenvalue weighted by Gasteiger charge is 2.27. The molecule has 3 aliphatic rings. The van der Waals surface area contributed by atoms with Gasteiger partial charge in [-0.15, -0.1) is 0 Å². The van der Waals surface area contributed by atoms with Crippen molar-refractivity contribution in [2.75, 3.05) is 64.0 Å². The van der Waals surface area contributed by atoms with Gasteiger partial charge in [-0.05, 0) is 35.4 Å². The van der Waals surface area contributed by atoms with E-state index in [1.807, 2.05) is 6.07 Å². The van der Waals surface area contributed by atoms with Crippen LogP contribution in [0.4, 0.5) is 5.69 Å². The van der Waals surface area contributed by atoms with Gasteiger partial charge in [-0.25, -0.2) is 13.6 Å². The summed E-state index contributed by atoms with van der Waals surface area (Å²) < 4.78 is 35.0. The molecule has 2 saturated heterocycles. The zero-order valence-electron chi connectivity index (χ0n) is 19.1. The summed E-state index contributed by atoms with van der Waals surface area (Å²) in [6.07, 6.45) is 0.953. The highest BCUT2D eigenvalue weighted by atomic mass is 32.2. The molecule has 1 amide bonds. The number of carbonyl (C=O) groups is 1. The van der Waals surface area contributed by atoms with Crippen LogP contribution in [0.1, 0.15) is 21.5 Å². The molecule has 5 rings (SSSR count). The van der Waals surface area contributed by atoms with Crippen molar-refractivity contribution in [1.29, 1.82) is 0 Å². The molecule has 2 aromatic rings. The maximum Gasteiger partial charge on any atom is 0.256 e. The van der Waals surface area contributed by atoms with E-state index in [0.717, 1.165) is 44.1 Å². The Bertz CT molecular complexity index is 1170. The summed E-state index contributed by atoms with van der Waals surface area (Å²) in [5.41, 5.74) is 3.61. The van der Waals surface area contributed by atoms with Crippen molar-refractivity contribution < 1.29 is 22.7 Å². The zero-order chi connectivity index (χ0) is 23.7. The molecule has 0 radical (unpaired) electrons. The molecule has 0 saturated carbocycles. The molecule has 9 nitrogen and oxygen atoms in total. The fourth-order valence-corrected chi connectivity index (χ4v) is 5.36. The number of carbonyl (C=O) groups excluding carboxylic acids is 1. The topological polar surface area (TPSA) is 105 Å². The average molecular weight is 487 g/mol. The SMILES string of the molecule is NS(=O)(=O)c1ccc(N2CCOCC2)c(C(=O)N2CCN(Cc3ccc4c(c3)CCO4)CC2)c1. The van der Waals surface area contributed by atoms with Crippen molar-refractivity contribution in [1.82, 2.24) is 9.80 Å². The van der Waals surface area contributed by atoms with Gasteiger partial charge in [-0.2, -0.15) is 0 Å². The van der Waals surface area contributed by atoms with E-state index < -0.39 is 10.0 Å². The molecular formula is C24H30N4O5S. The Morgan fingerprint density at radius 1 is 0.941 bits per heavy atom. The van der Waals surface area contributed by atoms with E-state index >= 15 is 0 Å². The van der Waals surface area contributed by atoms with Crippen LogP contribution < -0.4 is 14.8 Å². The van der Waals surface area contributed by atoms with E-state index in [1.54, 1.807) is 11.0 Å². The highest BCUT2D eigenvalue weighted by Crippen LogP contribution is 2.28. The lowest BCUT2D eigenvalue weighted by Gasteiger charge is -2.36. The summed E-state index contributed by atoms with van der Waals surface area (Å²) in [4.78, 5) is 19.7. The zero-order valence-corrected chi connectivity index (χ0v) is 19.9. The van der Waals surface area contributed by atoms with Gasteiger partial charge in [0.25, 0.3) is 5.91 Å². The number of sulfonamides is 1. The molecule has 0 unspecified atom stereocenters. The second-order valence-corrected chi connectivity index (χ2v) is 10.5. The number of anilines is 1. The number of hydrogen-bond donors (Lipinski definition) is 1. The molecule has 2 fully saturated rings. The molecule has 3 aliphatic heterocycles. The molecule has 0 bridgehead atoms. The number of ether oxygens (including phenoxy) is 2. The minimum atomic E-state index is -3.92. The van der Waals surface area contributed by atoms with Crippen molar-refractivity contribution in [2.45, 2.75) is 17.9 Å². The first-order valence-corrected chi connectivity index (χ1v) is 13.2. The quantitative estimate of drug-likeness (QED) is 0.674. The van der Waals surface area contributed by atoms with Crippen LogP contribution in [0.15, 0.2) is 41.3 Å². The van der Waals surface area contributed by atoms with Crippen LogP contribution in [0.2, 0.25) is 0 Å². The largest absolute Gasteiger partial charge is 0.493 e. The predicted octanol–water partition coefficient (Wildman–Crippen LogP) is 1.06. The fourth-order valence-electron chi connectivity index (χ4n) is 4.82. The predicted molar refractivity (Wildman–Crippen MR) is 128 cm³/mol. The third kappa shape index (κ3) is 4.90. The van der Waals surface area contributed by atoms with Crippen LogP contribution in [0.5, 0.6) is 5.75 Å². The van der Waals surface area contributed by atoms with Crippen molar-refractivity contribution >= 4 is 21.6 Å². The van der Waals surface area contributed by atoms with Crippen LogP contribution in [0.25, 0.3) is 0 Å². The van der Waals surface area contributed by atoms with E-state index in [4.69, 9.17) is 14.6 Å². The lowest BCUT2D eigenvalue weighted by Crippen LogP contribution is -2.48. The van der Waals surface area contributed by atoms with E-state index in [-0.39, 0.29) is 10.8 Å². The van der Waals surface area contributed by atoms with E-state index in [9.17, 15) is 13.2 Å². The van der Waals surface area contributed by atoms with Crippen LogP contribution in [0, 0.1) is 0 Å². The van der Waals surface area contributed by atoms with Gasteiger partial charge in [0.2, 0.25) is 10.0 Å². The Kier molecular flexibility index (Phi) is 6.48. The number of nitrogens with zero attached hydrogens (tertiary/aromatic N) is 3. The summed E-state index contributed by atoms with van der Waals surface area (Å²) in [5, 5.41) is 5.36. The molecule has 0 aromatic heterocycles. The maximum atomic E-state index is 13.5. The monoisotopic (exact) mass is 486 g/mol. The Morgan fingerprint density at radius 2 is 1.71 bits per heavy atom. The number of hydrogen-bond acceptors (Lipinski definition) is 7. The first-order valence-electron chi connectivity index (χ1n) is 11.6. The minimum Gasteiger partial charge on any atom is -0.493 e. The number of piperazine rings is 1. The first kappa shape index (κ1) is 23.1. The second-order valence-electron chi connectivity index (χ2n) is 8.93. The van der Waals surface area contributed by atoms with Crippen molar-refractivity contribution in [3.05, 3.63) is 53.1 Å². The van der Waals surface area contributed by atoms with Gasteiger partial charge in [-0.1, -0.05) is 12.1 Å². The van der Waals surface area contributed by atoms with Gasteiger partial charge in [0.15, 0.2) is 0 Å². The molecule has 2 N–H and O–H groups in total. The first-order chi connectivity index (χ1) is 16.4. The van der Waals surface area contributed by atoms with Gasteiger partial charge < -0.3 is 19.3 Å². The fraction of sp³-hybridized carbons (Fsp3) is 0.458. The lowest BCUT2D eigenvalue weighted by molar-refractivity contribution is 0.0628. The number of fused-ring (bicyclic) bond motifs is 1. The summed E-state index contributed by atoms with van der Waals surface area (Å²) in [5.74, 6) is 0.818. The highest BCUT2D eigenvalue weighted by molar-refractivity contribution is 7.89. The summed E-state index contributed by atoms with van der Waals surface area (Å²) in [7, 11) is -3.92. The smallest absolute Gasteiger partial charge is 0.256 e. The van der Waals surface area contributed by atoms with Crippen LogP contribution in [-0.2, 0) is 27.7 Å². The lowest BCUT2D eigenvalue weighted by atomic mass is 10.1. The molecule has 182 valence electrons. The van der Waals surface area contributed by atoms with Crippen molar-refractivity contribution in [3.8, 4) is 5.75 Å². The molecule has 0 atom stereocenters. The average Bonchev–Trinajstić information content (AvgIpc) is 3.32. The number of primary sulfonamides is 1. The van der Waals surface area contributed by atoms with Gasteiger partial charge in [0.05, 0.1) is 30.3 Å². The van der Waals surface area contributed by atoms with Gasteiger partial charge in [0, 0.05) is 57.9 Å². The summed E-state index contributed by atoms with van der Waals surface area (Å²) in [6.45, 7) is 6.67. The number of rotatable bonds is 5. The summed E-state index contributed by atoms with van der Waals surface area (Å²) in [6, 6.07) is 10.9. The number of nitrogens with two attached hydrogens (primary N) is 1. The molecule has 3 heterocycles. The van der Waals surface area contributed by atoms with Gasteiger partial charge in [-0.3, -0.25) is 9.69 Å². The third-order valence-electron chi connectivity index (χ3n) is 6.70. The summed E-state index contributed by atoms with van der Waals surface area (Å²) >= 11 is 0. The molecule has 0 aliphatic carbocycles. The van der Waals surface area contributed by atoms with Gasteiger partial charge in [0.1, 0.15) is 5.75 Å². The van der Waals surface area contributed by atoms with Crippen molar-refractivity contribution in [2.24, 2.45) is 5.14 Å². The number of amides is 1. The third-order valence-corrected chi connectivity index (χ3v) is 7.61. The number of benzene rings is 2. The maximum absolute atomic E-state index is 13.5.